The van der Waals surface area contributed by atoms with Crippen LogP contribution in [0.25, 0.3) is 0 Å². The van der Waals surface area contributed by atoms with E-state index in [9.17, 15) is 4.79 Å². The molecule has 0 bridgehead atoms. The molecule has 126 valence electrons. The largest absolute Gasteiger partial charge is 0.496 e. The van der Waals surface area contributed by atoms with Gasteiger partial charge in [0.15, 0.2) is 0 Å². The molecule has 1 aliphatic rings. The van der Waals surface area contributed by atoms with Gasteiger partial charge in [-0.3, -0.25) is 4.98 Å². The Hall–Kier alpha value is -2.76. The number of nitrogens with one attached hydrogen (secondary N) is 1. The van der Waals surface area contributed by atoms with Crippen molar-refractivity contribution < 1.29 is 14.3 Å². The topological polar surface area (TPSA) is 63.7 Å². The van der Waals surface area contributed by atoms with Crippen LogP contribution in [0.4, 0.5) is 4.79 Å². The molecule has 0 aliphatic carbocycles. The van der Waals surface area contributed by atoms with Gasteiger partial charge in [0.25, 0.3) is 0 Å². The molecule has 6 nitrogen and oxygen atoms in total. The van der Waals surface area contributed by atoms with E-state index in [1.165, 1.54) is 0 Å². The molecule has 1 aliphatic heterocycles. The fraction of sp³-hybridized carbons (Fsp3) is 0.333. The predicted octanol–water partition coefficient (Wildman–Crippen LogP) is 2.58. The number of carbonyl (C=O) groups excluding carboxylic acids is 1. The Morgan fingerprint density at radius 3 is 3.08 bits per heavy atom. The number of hydrogen-bond acceptors (Lipinski definition) is 4. The number of methoxy groups -OCH3 is 1. The predicted molar refractivity (Wildman–Crippen MR) is 90.0 cm³/mol. The number of hydrogen-bond donors (Lipinski definition) is 1. The molecule has 0 saturated carbocycles. The summed E-state index contributed by atoms with van der Waals surface area (Å²) in [6.45, 7) is 3.34. The third-order valence-corrected chi connectivity index (χ3v) is 4.10. The third kappa shape index (κ3) is 3.42. The molecule has 0 radical (unpaired) electrons. The standard InChI is InChI=1S/C18H21N3O3/c1-13-12-24-17-6-4-3-5-14(17)11-21(13)18(22)20-10-15-9-19-8-7-16(15)23-2/h3-9,13H,10-12H2,1-2H3,(H,20,22)/t13-/m0/s1. The number of fused-ring (bicyclic) bond motifs is 1. The molecule has 1 aromatic heterocycles. The molecule has 3 rings (SSSR count). The Balaban J connectivity index is 1.70. The highest BCUT2D eigenvalue weighted by molar-refractivity contribution is 5.75. The Bertz CT molecular complexity index is 720. The Labute approximate surface area is 141 Å². The van der Waals surface area contributed by atoms with Crippen LogP contribution in [0.3, 0.4) is 0 Å². The first-order chi connectivity index (χ1) is 11.7. The quantitative estimate of drug-likeness (QED) is 0.941. The average molecular weight is 327 g/mol. The second kappa shape index (κ2) is 7.21. The number of carbonyl (C=O) groups is 1. The van der Waals surface area contributed by atoms with Gasteiger partial charge in [-0.25, -0.2) is 4.79 Å². The van der Waals surface area contributed by atoms with Crippen molar-refractivity contribution in [2.75, 3.05) is 13.7 Å². The maximum absolute atomic E-state index is 12.6. The van der Waals surface area contributed by atoms with E-state index >= 15 is 0 Å². The van der Waals surface area contributed by atoms with Crippen LogP contribution in [0.2, 0.25) is 0 Å². The molecule has 6 heteroatoms. The lowest BCUT2D eigenvalue weighted by molar-refractivity contribution is 0.156. The van der Waals surface area contributed by atoms with E-state index in [2.05, 4.69) is 10.3 Å². The Morgan fingerprint density at radius 1 is 1.42 bits per heavy atom. The molecule has 24 heavy (non-hydrogen) atoms. The average Bonchev–Trinajstić information content (AvgIpc) is 2.79. The van der Waals surface area contributed by atoms with Gasteiger partial charge in [0.1, 0.15) is 18.1 Å². The van der Waals surface area contributed by atoms with Crippen LogP contribution in [0.1, 0.15) is 18.1 Å². The van der Waals surface area contributed by atoms with Crippen LogP contribution in [0.15, 0.2) is 42.7 Å². The molecular weight excluding hydrogens is 306 g/mol. The summed E-state index contributed by atoms with van der Waals surface area (Å²) in [6, 6.07) is 9.44. The number of pyridine rings is 1. The minimum Gasteiger partial charge on any atom is -0.496 e. The highest BCUT2D eigenvalue weighted by atomic mass is 16.5. The van der Waals surface area contributed by atoms with E-state index in [0.717, 1.165) is 16.9 Å². The lowest BCUT2D eigenvalue weighted by atomic mass is 10.2. The number of nitrogens with zero attached hydrogens (tertiary/aromatic N) is 2. The number of urea groups is 1. The van der Waals surface area contributed by atoms with Gasteiger partial charge in [-0.05, 0) is 19.1 Å². The summed E-state index contributed by atoms with van der Waals surface area (Å²) in [7, 11) is 1.60. The maximum atomic E-state index is 12.6. The summed E-state index contributed by atoms with van der Waals surface area (Å²) < 4.78 is 11.1. The Kier molecular flexibility index (Phi) is 4.84. The van der Waals surface area contributed by atoms with Gasteiger partial charge in [-0.1, -0.05) is 18.2 Å². The molecule has 0 fully saturated rings. The third-order valence-electron chi connectivity index (χ3n) is 4.10. The molecule has 1 N–H and O–H groups in total. The van der Waals surface area contributed by atoms with Crippen molar-refractivity contribution in [2.24, 2.45) is 0 Å². The summed E-state index contributed by atoms with van der Waals surface area (Å²) in [5.74, 6) is 1.55. The second-order valence-electron chi connectivity index (χ2n) is 5.74. The van der Waals surface area contributed by atoms with Crippen LogP contribution in [-0.2, 0) is 13.1 Å². The van der Waals surface area contributed by atoms with Crippen LogP contribution in [0.5, 0.6) is 11.5 Å². The molecule has 0 saturated heterocycles. The molecule has 1 atom stereocenters. The van der Waals surface area contributed by atoms with E-state index < -0.39 is 0 Å². The highest BCUT2D eigenvalue weighted by Gasteiger charge is 2.25. The zero-order chi connectivity index (χ0) is 16.9. The number of rotatable bonds is 3. The van der Waals surface area contributed by atoms with Crippen molar-refractivity contribution >= 4 is 6.03 Å². The van der Waals surface area contributed by atoms with E-state index in [-0.39, 0.29) is 12.1 Å². The molecule has 0 unspecified atom stereocenters. The number of benzene rings is 1. The second-order valence-corrected chi connectivity index (χ2v) is 5.74. The van der Waals surface area contributed by atoms with E-state index in [4.69, 9.17) is 9.47 Å². The summed E-state index contributed by atoms with van der Waals surface area (Å²) in [6.07, 6.45) is 3.36. The molecule has 1 aromatic carbocycles. The fourth-order valence-corrected chi connectivity index (χ4v) is 2.71. The summed E-state index contributed by atoms with van der Waals surface area (Å²) >= 11 is 0. The van der Waals surface area contributed by atoms with Gasteiger partial charge in [0.2, 0.25) is 0 Å². The summed E-state index contributed by atoms with van der Waals surface area (Å²) in [4.78, 5) is 18.5. The first-order valence-corrected chi connectivity index (χ1v) is 7.91. The van der Waals surface area contributed by atoms with Crippen molar-refractivity contribution in [3.8, 4) is 11.5 Å². The number of amides is 2. The lowest BCUT2D eigenvalue weighted by Crippen LogP contribution is -2.45. The number of para-hydroxylation sites is 1. The van der Waals surface area contributed by atoms with Gasteiger partial charge in [0, 0.05) is 30.1 Å². The number of aromatic nitrogens is 1. The van der Waals surface area contributed by atoms with Gasteiger partial charge in [0.05, 0.1) is 19.7 Å². The molecule has 2 aromatic rings. The first-order valence-electron chi connectivity index (χ1n) is 7.91. The van der Waals surface area contributed by atoms with Gasteiger partial charge < -0.3 is 19.7 Å². The Morgan fingerprint density at radius 2 is 2.25 bits per heavy atom. The summed E-state index contributed by atoms with van der Waals surface area (Å²) in [5.41, 5.74) is 1.85. The van der Waals surface area contributed by atoms with Crippen molar-refractivity contribution in [2.45, 2.75) is 26.1 Å². The SMILES string of the molecule is COc1ccncc1CNC(=O)N1Cc2ccccc2OC[C@@H]1C. The van der Waals surface area contributed by atoms with E-state index in [1.54, 1.807) is 30.5 Å². The van der Waals surface area contributed by atoms with Crippen molar-refractivity contribution in [1.29, 1.82) is 0 Å². The van der Waals surface area contributed by atoms with E-state index in [0.29, 0.717) is 25.4 Å². The van der Waals surface area contributed by atoms with Crippen molar-refractivity contribution in [3.63, 3.8) is 0 Å². The van der Waals surface area contributed by atoms with Gasteiger partial charge >= 0.3 is 6.03 Å². The van der Waals surface area contributed by atoms with Crippen molar-refractivity contribution in [3.05, 3.63) is 53.9 Å². The van der Waals surface area contributed by atoms with Crippen LogP contribution >= 0.6 is 0 Å². The lowest BCUT2D eigenvalue weighted by Gasteiger charge is -2.26. The molecule has 0 spiro atoms. The molecule has 2 amide bonds. The molecule has 2 heterocycles. The van der Waals surface area contributed by atoms with Crippen LogP contribution in [0, 0.1) is 0 Å². The minimum atomic E-state index is -0.131. The highest BCUT2D eigenvalue weighted by Crippen LogP contribution is 2.24. The summed E-state index contributed by atoms with van der Waals surface area (Å²) in [5, 5.41) is 2.94. The minimum absolute atomic E-state index is 0.0202. The zero-order valence-electron chi connectivity index (χ0n) is 13.9. The fourth-order valence-electron chi connectivity index (χ4n) is 2.71. The zero-order valence-corrected chi connectivity index (χ0v) is 13.9. The smallest absolute Gasteiger partial charge is 0.318 e. The van der Waals surface area contributed by atoms with Gasteiger partial charge in [-0.2, -0.15) is 0 Å². The maximum Gasteiger partial charge on any atom is 0.318 e. The van der Waals surface area contributed by atoms with Crippen LogP contribution in [-0.4, -0.2) is 35.7 Å². The monoisotopic (exact) mass is 327 g/mol. The normalized spacial score (nSPS) is 16.6. The van der Waals surface area contributed by atoms with Crippen molar-refractivity contribution in [1.82, 2.24) is 15.2 Å². The van der Waals surface area contributed by atoms with Gasteiger partial charge in [-0.15, -0.1) is 0 Å². The number of ether oxygens (including phenoxy) is 2. The van der Waals surface area contributed by atoms with E-state index in [1.807, 2.05) is 31.2 Å². The van der Waals surface area contributed by atoms with Crippen LogP contribution < -0.4 is 14.8 Å². The first kappa shape index (κ1) is 16.1. The molecular formula is C18H21N3O3.